The van der Waals surface area contributed by atoms with E-state index in [2.05, 4.69) is 47.1 Å². The molecule has 3 aromatic rings. The van der Waals surface area contributed by atoms with Gasteiger partial charge in [-0.3, -0.25) is 5.10 Å². The zero-order valence-electron chi connectivity index (χ0n) is 18.6. The molecule has 1 unspecified atom stereocenters. The molecule has 0 bridgehead atoms. The Morgan fingerprint density at radius 2 is 1.91 bits per heavy atom. The van der Waals surface area contributed by atoms with E-state index < -0.39 is 0 Å². The molecule has 2 aromatic carbocycles. The van der Waals surface area contributed by atoms with Crippen LogP contribution in [-0.2, 0) is 0 Å². The summed E-state index contributed by atoms with van der Waals surface area (Å²) in [5, 5.41) is 17.4. The SMILES string of the molecule is CCOc1cccc(-c2[nH]nc3c2C(c2ccc(N(CC)CC)cc2)C(C#N)=C(N)O3)c1. The number of hydrogen-bond donors (Lipinski definition) is 2. The van der Waals surface area contributed by atoms with Gasteiger partial charge in [-0.2, -0.15) is 5.26 Å². The van der Waals surface area contributed by atoms with Gasteiger partial charge >= 0.3 is 0 Å². The van der Waals surface area contributed by atoms with Gasteiger partial charge < -0.3 is 20.1 Å². The van der Waals surface area contributed by atoms with Gasteiger partial charge in [0.1, 0.15) is 17.4 Å². The van der Waals surface area contributed by atoms with Crippen molar-refractivity contribution in [2.24, 2.45) is 5.73 Å². The lowest BCUT2D eigenvalue weighted by Crippen LogP contribution is -2.22. The van der Waals surface area contributed by atoms with Crippen LogP contribution < -0.4 is 20.1 Å². The Kier molecular flexibility index (Phi) is 6.04. The predicted octanol–water partition coefficient (Wildman–Crippen LogP) is 4.54. The van der Waals surface area contributed by atoms with Crippen molar-refractivity contribution in [3.05, 3.63) is 71.1 Å². The van der Waals surface area contributed by atoms with Crippen molar-refractivity contribution in [2.75, 3.05) is 24.6 Å². The van der Waals surface area contributed by atoms with Gasteiger partial charge in [-0.1, -0.05) is 24.3 Å². The van der Waals surface area contributed by atoms with Crippen LogP contribution in [0.4, 0.5) is 5.69 Å². The molecule has 1 aliphatic rings. The van der Waals surface area contributed by atoms with Crippen molar-refractivity contribution in [1.29, 1.82) is 5.26 Å². The predicted molar refractivity (Wildman–Crippen MR) is 124 cm³/mol. The summed E-state index contributed by atoms with van der Waals surface area (Å²) in [5.74, 6) is 0.842. The Bertz CT molecular complexity index is 1170. The fourth-order valence-electron chi connectivity index (χ4n) is 4.17. The normalized spacial score (nSPS) is 15.0. The van der Waals surface area contributed by atoms with Crippen LogP contribution in [0, 0.1) is 11.3 Å². The van der Waals surface area contributed by atoms with Gasteiger partial charge in [0, 0.05) is 24.3 Å². The highest BCUT2D eigenvalue weighted by Crippen LogP contribution is 2.46. The molecule has 0 saturated carbocycles. The third-order valence-electron chi connectivity index (χ3n) is 5.73. The number of fused-ring (bicyclic) bond motifs is 1. The van der Waals surface area contributed by atoms with E-state index in [1.165, 1.54) is 0 Å². The summed E-state index contributed by atoms with van der Waals surface area (Å²) >= 11 is 0. The van der Waals surface area contributed by atoms with Crippen molar-refractivity contribution in [2.45, 2.75) is 26.7 Å². The van der Waals surface area contributed by atoms with E-state index in [-0.39, 0.29) is 11.8 Å². The number of aromatic amines is 1. The molecule has 1 atom stereocenters. The van der Waals surface area contributed by atoms with E-state index in [9.17, 15) is 5.26 Å². The highest BCUT2D eigenvalue weighted by Gasteiger charge is 2.35. The average molecular weight is 430 g/mol. The molecule has 7 nitrogen and oxygen atoms in total. The third kappa shape index (κ3) is 3.76. The number of nitrogens with two attached hydrogens (primary N) is 1. The maximum absolute atomic E-state index is 9.92. The Balaban J connectivity index is 1.83. The van der Waals surface area contributed by atoms with E-state index in [1.54, 1.807) is 0 Å². The molecular formula is C25H27N5O2. The smallest absolute Gasteiger partial charge is 0.244 e. The standard InChI is InChI=1S/C25H27N5O2/c1-4-30(5-2)18-12-10-16(11-13-18)21-20(15-26)24(27)32-25-22(21)23(28-29-25)17-8-7-9-19(14-17)31-6-3/h7-14,21H,4-6,27H2,1-3H3,(H,28,29). The third-order valence-corrected chi connectivity index (χ3v) is 5.73. The molecule has 1 aliphatic heterocycles. The van der Waals surface area contributed by atoms with Gasteiger partial charge in [-0.15, -0.1) is 5.10 Å². The maximum atomic E-state index is 9.92. The van der Waals surface area contributed by atoms with E-state index in [0.29, 0.717) is 18.1 Å². The second-order valence-electron chi connectivity index (χ2n) is 7.47. The molecule has 3 N–H and O–H groups in total. The van der Waals surface area contributed by atoms with Crippen LogP contribution in [-0.4, -0.2) is 29.9 Å². The molecular weight excluding hydrogens is 402 g/mol. The van der Waals surface area contributed by atoms with Crippen LogP contribution in [0.1, 0.15) is 37.8 Å². The number of benzene rings is 2. The Hall–Kier alpha value is -3.92. The van der Waals surface area contributed by atoms with Crippen molar-refractivity contribution in [3.8, 4) is 29.0 Å². The zero-order chi connectivity index (χ0) is 22.7. The maximum Gasteiger partial charge on any atom is 0.244 e. The topological polar surface area (TPSA) is 100 Å². The van der Waals surface area contributed by atoms with Gasteiger partial charge in [0.2, 0.25) is 11.8 Å². The van der Waals surface area contributed by atoms with E-state index in [1.807, 2.05) is 43.3 Å². The number of hydrogen-bond acceptors (Lipinski definition) is 6. The Labute approximate surface area is 188 Å². The van der Waals surface area contributed by atoms with Gasteiger partial charge in [0.05, 0.1) is 23.8 Å². The summed E-state index contributed by atoms with van der Waals surface area (Å²) in [7, 11) is 0. The van der Waals surface area contributed by atoms with E-state index in [0.717, 1.165) is 46.9 Å². The summed E-state index contributed by atoms with van der Waals surface area (Å²) in [4.78, 5) is 2.27. The number of allylic oxidation sites excluding steroid dienone is 1. The molecule has 0 aliphatic carbocycles. The number of rotatable bonds is 7. The summed E-state index contributed by atoms with van der Waals surface area (Å²) in [6.45, 7) is 8.64. The largest absolute Gasteiger partial charge is 0.494 e. The number of aromatic nitrogens is 2. The second kappa shape index (κ2) is 9.06. The minimum atomic E-state index is -0.390. The van der Waals surface area contributed by atoms with Gasteiger partial charge in [0.15, 0.2) is 0 Å². The van der Waals surface area contributed by atoms with Crippen LogP contribution in [0.3, 0.4) is 0 Å². The lowest BCUT2D eigenvalue weighted by molar-refractivity contribution is 0.340. The second-order valence-corrected chi connectivity index (χ2v) is 7.47. The molecule has 32 heavy (non-hydrogen) atoms. The first-order chi connectivity index (χ1) is 15.6. The van der Waals surface area contributed by atoms with Crippen molar-refractivity contribution in [3.63, 3.8) is 0 Å². The lowest BCUT2D eigenvalue weighted by atomic mass is 9.83. The average Bonchev–Trinajstić information content (AvgIpc) is 3.23. The summed E-state index contributed by atoms with van der Waals surface area (Å²) in [5.41, 5.74) is 11.0. The Morgan fingerprint density at radius 1 is 1.16 bits per heavy atom. The van der Waals surface area contributed by atoms with Crippen LogP contribution >= 0.6 is 0 Å². The minimum absolute atomic E-state index is 0.0823. The fraction of sp³-hybridized carbons (Fsp3) is 0.280. The molecule has 0 amide bonds. The molecule has 164 valence electrons. The monoisotopic (exact) mass is 429 g/mol. The highest BCUT2D eigenvalue weighted by atomic mass is 16.5. The molecule has 0 saturated heterocycles. The first kappa shape index (κ1) is 21.3. The Morgan fingerprint density at radius 3 is 2.56 bits per heavy atom. The molecule has 0 radical (unpaired) electrons. The first-order valence-corrected chi connectivity index (χ1v) is 10.8. The number of anilines is 1. The zero-order valence-corrected chi connectivity index (χ0v) is 18.6. The van der Waals surface area contributed by atoms with E-state index in [4.69, 9.17) is 15.2 Å². The number of H-pyrrole nitrogens is 1. The molecule has 1 aromatic heterocycles. The van der Waals surface area contributed by atoms with Crippen LogP contribution in [0.5, 0.6) is 11.6 Å². The number of nitrogens with one attached hydrogen (secondary N) is 1. The van der Waals surface area contributed by atoms with Crippen LogP contribution in [0.2, 0.25) is 0 Å². The van der Waals surface area contributed by atoms with Crippen molar-refractivity contribution >= 4 is 5.69 Å². The molecule has 4 rings (SSSR count). The van der Waals surface area contributed by atoms with Crippen molar-refractivity contribution in [1.82, 2.24) is 10.2 Å². The molecule has 2 heterocycles. The lowest BCUT2D eigenvalue weighted by Gasteiger charge is -2.25. The minimum Gasteiger partial charge on any atom is -0.494 e. The molecule has 7 heteroatoms. The van der Waals surface area contributed by atoms with E-state index >= 15 is 0 Å². The fourth-order valence-corrected chi connectivity index (χ4v) is 4.17. The van der Waals surface area contributed by atoms with Crippen LogP contribution in [0.25, 0.3) is 11.3 Å². The number of nitriles is 1. The molecule has 0 spiro atoms. The van der Waals surface area contributed by atoms with Crippen molar-refractivity contribution < 1.29 is 9.47 Å². The van der Waals surface area contributed by atoms with Gasteiger partial charge in [-0.25, -0.2) is 0 Å². The first-order valence-electron chi connectivity index (χ1n) is 10.8. The van der Waals surface area contributed by atoms with Gasteiger partial charge in [0.25, 0.3) is 0 Å². The number of nitrogens with zero attached hydrogens (tertiary/aromatic N) is 3. The molecule has 0 fully saturated rings. The highest BCUT2D eigenvalue weighted by molar-refractivity contribution is 5.72. The quantitative estimate of drug-likeness (QED) is 0.572. The number of ether oxygens (including phenoxy) is 2. The van der Waals surface area contributed by atoms with Gasteiger partial charge in [-0.05, 0) is 50.6 Å². The summed E-state index contributed by atoms with van der Waals surface area (Å²) < 4.78 is 11.4. The summed E-state index contributed by atoms with van der Waals surface area (Å²) in [6.07, 6.45) is 0. The summed E-state index contributed by atoms with van der Waals surface area (Å²) in [6, 6.07) is 18.3. The van der Waals surface area contributed by atoms with Crippen LogP contribution in [0.15, 0.2) is 60.0 Å².